The van der Waals surface area contributed by atoms with Crippen molar-refractivity contribution >= 4 is 5.97 Å². The summed E-state index contributed by atoms with van der Waals surface area (Å²) in [5.41, 5.74) is 1.78. The van der Waals surface area contributed by atoms with Crippen LogP contribution in [0.5, 0.6) is 0 Å². The maximum Gasteiger partial charge on any atom is 0.337 e. The van der Waals surface area contributed by atoms with Crippen LogP contribution in [0.15, 0.2) is 36.4 Å². The highest BCUT2D eigenvalue weighted by molar-refractivity contribution is 5.89. The van der Waals surface area contributed by atoms with Crippen LogP contribution in [-0.2, 0) is 11.3 Å². The second-order valence-corrected chi connectivity index (χ2v) is 4.21. The minimum atomic E-state index is -0.287. The highest BCUT2D eigenvalue weighted by Crippen LogP contribution is 2.11. The Bertz CT molecular complexity index is 401. The van der Waals surface area contributed by atoms with Gasteiger partial charge in [-0.25, -0.2) is 4.79 Å². The second kappa shape index (κ2) is 5.64. The quantitative estimate of drug-likeness (QED) is 0.638. The van der Waals surface area contributed by atoms with Gasteiger partial charge in [-0.1, -0.05) is 24.3 Å². The summed E-state index contributed by atoms with van der Waals surface area (Å²) >= 11 is 0. The SMILES string of the molecule is COC(=O)c1ccc(CNC2CC=CC2)cc1. The van der Waals surface area contributed by atoms with Gasteiger partial charge in [0.1, 0.15) is 0 Å². The van der Waals surface area contributed by atoms with Gasteiger partial charge in [0.15, 0.2) is 0 Å². The Morgan fingerprint density at radius 3 is 2.53 bits per heavy atom. The Kier molecular flexibility index (Phi) is 3.94. The molecule has 0 unspecified atom stereocenters. The van der Waals surface area contributed by atoms with Crippen LogP contribution in [0.25, 0.3) is 0 Å². The first-order chi connectivity index (χ1) is 8.29. The van der Waals surface area contributed by atoms with E-state index in [0.29, 0.717) is 11.6 Å². The molecular weight excluding hydrogens is 214 g/mol. The molecule has 0 atom stereocenters. The van der Waals surface area contributed by atoms with E-state index in [1.165, 1.54) is 12.7 Å². The molecule has 1 aromatic carbocycles. The van der Waals surface area contributed by atoms with Crippen molar-refractivity contribution in [2.45, 2.75) is 25.4 Å². The van der Waals surface area contributed by atoms with Gasteiger partial charge in [-0.3, -0.25) is 0 Å². The molecule has 3 nitrogen and oxygen atoms in total. The Balaban J connectivity index is 1.87. The van der Waals surface area contributed by atoms with E-state index < -0.39 is 0 Å². The normalized spacial score (nSPS) is 15.1. The lowest BCUT2D eigenvalue weighted by Crippen LogP contribution is -2.25. The molecule has 0 saturated carbocycles. The molecule has 0 radical (unpaired) electrons. The van der Waals surface area contributed by atoms with E-state index in [0.717, 1.165) is 19.4 Å². The molecule has 0 aromatic heterocycles. The number of carbonyl (C=O) groups is 1. The molecule has 0 aliphatic heterocycles. The van der Waals surface area contributed by atoms with E-state index in [2.05, 4.69) is 22.2 Å². The van der Waals surface area contributed by atoms with E-state index in [-0.39, 0.29) is 5.97 Å². The largest absolute Gasteiger partial charge is 0.465 e. The highest BCUT2D eigenvalue weighted by Gasteiger charge is 2.09. The summed E-state index contributed by atoms with van der Waals surface area (Å²) in [5, 5.41) is 3.48. The predicted octanol–water partition coefficient (Wildman–Crippen LogP) is 2.28. The number of hydrogen-bond acceptors (Lipinski definition) is 3. The highest BCUT2D eigenvalue weighted by atomic mass is 16.5. The predicted molar refractivity (Wildman–Crippen MR) is 66.8 cm³/mol. The van der Waals surface area contributed by atoms with Gasteiger partial charge in [-0.15, -0.1) is 0 Å². The average molecular weight is 231 g/mol. The van der Waals surface area contributed by atoms with E-state index in [1.54, 1.807) is 12.1 Å². The number of carbonyl (C=O) groups excluding carboxylic acids is 1. The number of esters is 1. The summed E-state index contributed by atoms with van der Waals surface area (Å²) in [7, 11) is 1.39. The van der Waals surface area contributed by atoms with E-state index in [4.69, 9.17) is 0 Å². The molecule has 1 aliphatic rings. The topological polar surface area (TPSA) is 38.3 Å². The average Bonchev–Trinajstić information content (AvgIpc) is 2.89. The van der Waals surface area contributed by atoms with Crippen molar-refractivity contribution in [3.05, 3.63) is 47.5 Å². The van der Waals surface area contributed by atoms with E-state index >= 15 is 0 Å². The molecule has 90 valence electrons. The van der Waals surface area contributed by atoms with Crippen molar-refractivity contribution in [2.24, 2.45) is 0 Å². The molecule has 1 aliphatic carbocycles. The Hall–Kier alpha value is -1.61. The standard InChI is InChI=1S/C14H17NO2/c1-17-14(16)12-8-6-11(7-9-12)10-15-13-4-2-3-5-13/h2-3,6-9,13,15H,4-5,10H2,1H3. The van der Waals surface area contributed by atoms with Crippen molar-refractivity contribution in [1.82, 2.24) is 5.32 Å². The molecule has 17 heavy (non-hydrogen) atoms. The summed E-state index contributed by atoms with van der Waals surface area (Å²) < 4.78 is 4.65. The van der Waals surface area contributed by atoms with Crippen molar-refractivity contribution in [1.29, 1.82) is 0 Å². The number of hydrogen-bond donors (Lipinski definition) is 1. The van der Waals surface area contributed by atoms with Crippen LogP contribution < -0.4 is 5.32 Å². The van der Waals surface area contributed by atoms with Gasteiger partial charge in [0.05, 0.1) is 12.7 Å². The molecule has 3 heteroatoms. The Morgan fingerprint density at radius 1 is 1.29 bits per heavy atom. The van der Waals surface area contributed by atoms with Gasteiger partial charge < -0.3 is 10.1 Å². The number of nitrogens with one attached hydrogen (secondary N) is 1. The van der Waals surface area contributed by atoms with Gasteiger partial charge in [0.2, 0.25) is 0 Å². The lowest BCUT2D eigenvalue weighted by atomic mass is 10.1. The third-order valence-corrected chi connectivity index (χ3v) is 2.98. The monoisotopic (exact) mass is 231 g/mol. The first-order valence-corrected chi connectivity index (χ1v) is 5.85. The molecule has 0 spiro atoms. The third kappa shape index (κ3) is 3.17. The smallest absolute Gasteiger partial charge is 0.337 e. The minimum absolute atomic E-state index is 0.287. The molecule has 1 N–H and O–H groups in total. The van der Waals surface area contributed by atoms with Crippen LogP contribution in [0.2, 0.25) is 0 Å². The number of methoxy groups -OCH3 is 1. The summed E-state index contributed by atoms with van der Waals surface area (Å²) in [5.74, 6) is -0.287. The summed E-state index contributed by atoms with van der Waals surface area (Å²) in [6, 6.07) is 8.09. The van der Waals surface area contributed by atoms with Crippen LogP contribution in [0.3, 0.4) is 0 Å². The van der Waals surface area contributed by atoms with Crippen LogP contribution in [0.1, 0.15) is 28.8 Å². The maximum absolute atomic E-state index is 11.2. The van der Waals surface area contributed by atoms with Crippen LogP contribution >= 0.6 is 0 Å². The molecule has 2 rings (SSSR count). The Morgan fingerprint density at radius 2 is 1.94 bits per heavy atom. The van der Waals surface area contributed by atoms with Crippen LogP contribution in [0.4, 0.5) is 0 Å². The van der Waals surface area contributed by atoms with Gasteiger partial charge in [-0.2, -0.15) is 0 Å². The maximum atomic E-state index is 11.2. The van der Waals surface area contributed by atoms with Crippen molar-refractivity contribution in [2.75, 3.05) is 7.11 Å². The molecule has 0 amide bonds. The molecule has 1 aromatic rings. The molecular formula is C14H17NO2. The van der Waals surface area contributed by atoms with Crippen LogP contribution in [0, 0.1) is 0 Å². The first kappa shape index (κ1) is 11.9. The fourth-order valence-electron chi connectivity index (χ4n) is 1.92. The third-order valence-electron chi connectivity index (χ3n) is 2.98. The number of ether oxygens (including phenoxy) is 1. The fourth-order valence-corrected chi connectivity index (χ4v) is 1.92. The zero-order valence-electron chi connectivity index (χ0n) is 9.98. The number of benzene rings is 1. The van der Waals surface area contributed by atoms with Crippen molar-refractivity contribution in [3.8, 4) is 0 Å². The van der Waals surface area contributed by atoms with Gasteiger partial charge in [-0.05, 0) is 30.5 Å². The van der Waals surface area contributed by atoms with Gasteiger partial charge in [0, 0.05) is 12.6 Å². The molecule has 0 fully saturated rings. The van der Waals surface area contributed by atoms with Gasteiger partial charge in [0.25, 0.3) is 0 Å². The minimum Gasteiger partial charge on any atom is -0.465 e. The second-order valence-electron chi connectivity index (χ2n) is 4.21. The number of rotatable bonds is 4. The van der Waals surface area contributed by atoms with Gasteiger partial charge >= 0.3 is 5.97 Å². The van der Waals surface area contributed by atoms with Crippen molar-refractivity contribution < 1.29 is 9.53 Å². The fraction of sp³-hybridized carbons (Fsp3) is 0.357. The molecule has 0 heterocycles. The zero-order valence-corrected chi connectivity index (χ0v) is 9.98. The summed E-state index contributed by atoms with van der Waals surface area (Å²) in [6.07, 6.45) is 6.64. The van der Waals surface area contributed by atoms with E-state index in [1.807, 2.05) is 12.1 Å². The molecule has 0 bridgehead atoms. The lowest BCUT2D eigenvalue weighted by molar-refractivity contribution is 0.0600. The van der Waals surface area contributed by atoms with Crippen molar-refractivity contribution in [3.63, 3.8) is 0 Å². The Labute approximate surface area is 101 Å². The summed E-state index contributed by atoms with van der Waals surface area (Å²) in [4.78, 5) is 11.2. The summed E-state index contributed by atoms with van der Waals surface area (Å²) in [6.45, 7) is 0.841. The lowest BCUT2D eigenvalue weighted by Gasteiger charge is -2.11. The van der Waals surface area contributed by atoms with E-state index in [9.17, 15) is 4.79 Å². The van der Waals surface area contributed by atoms with Crippen LogP contribution in [-0.4, -0.2) is 19.1 Å². The first-order valence-electron chi connectivity index (χ1n) is 5.85. The zero-order chi connectivity index (χ0) is 12.1. The molecule has 0 saturated heterocycles.